The zero-order valence-corrected chi connectivity index (χ0v) is 10.1. The molecule has 1 atom stereocenters. The fraction of sp³-hybridized carbons (Fsp3) is 0.571. The number of rotatable bonds is 4. The highest BCUT2D eigenvalue weighted by atomic mass is 15.1. The van der Waals surface area contributed by atoms with E-state index in [1.807, 2.05) is 6.08 Å². The molecule has 0 bridgehead atoms. The Morgan fingerprint density at radius 2 is 2.33 bits per heavy atom. The molecule has 0 saturated carbocycles. The van der Waals surface area contributed by atoms with Crippen molar-refractivity contribution in [2.45, 2.75) is 26.2 Å². The molecule has 15 heavy (non-hydrogen) atoms. The molecule has 1 saturated heterocycles. The minimum Gasteiger partial charge on any atom is -0.306 e. The van der Waals surface area contributed by atoms with E-state index < -0.39 is 0 Å². The van der Waals surface area contributed by atoms with Gasteiger partial charge in [-0.3, -0.25) is 0 Å². The van der Waals surface area contributed by atoms with Crippen LogP contribution in [-0.2, 0) is 0 Å². The van der Waals surface area contributed by atoms with Gasteiger partial charge in [0.2, 0.25) is 0 Å². The van der Waals surface area contributed by atoms with E-state index >= 15 is 0 Å². The quantitative estimate of drug-likeness (QED) is 0.636. The molecule has 84 valence electrons. The van der Waals surface area contributed by atoms with Crippen molar-refractivity contribution in [1.29, 1.82) is 0 Å². The Morgan fingerprint density at radius 1 is 1.53 bits per heavy atom. The summed E-state index contributed by atoms with van der Waals surface area (Å²) in [6.45, 7) is 8.35. The van der Waals surface area contributed by atoms with E-state index in [2.05, 4.69) is 43.7 Å². The SMILES string of the molecule is C=C/C=C(\C=C/C)C[C@H]1CCCN(C)C1. The summed E-state index contributed by atoms with van der Waals surface area (Å²) in [6.07, 6.45) is 12.3. The minimum atomic E-state index is 0.825. The smallest absolute Gasteiger partial charge is 0.000979 e. The topological polar surface area (TPSA) is 3.24 Å². The van der Waals surface area contributed by atoms with E-state index in [1.54, 1.807) is 0 Å². The Morgan fingerprint density at radius 3 is 2.93 bits per heavy atom. The Labute approximate surface area is 94.2 Å². The van der Waals surface area contributed by atoms with E-state index in [0.717, 1.165) is 5.92 Å². The summed E-state index contributed by atoms with van der Waals surface area (Å²) in [6, 6.07) is 0. The molecule has 1 heterocycles. The fourth-order valence-electron chi connectivity index (χ4n) is 2.33. The van der Waals surface area contributed by atoms with Crippen molar-refractivity contribution in [3.05, 3.63) is 36.5 Å². The van der Waals surface area contributed by atoms with Gasteiger partial charge < -0.3 is 4.90 Å². The van der Waals surface area contributed by atoms with Crippen LogP contribution in [0.25, 0.3) is 0 Å². The van der Waals surface area contributed by atoms with Gasteiger partial charge in [-0.1, -0.05) is 30.9 Å². The van der Waals surface area contributed by atoms with Gasteiger partial charge >= 0.3 is 0 Å². The Hall–Kier alpha value is -0.820. The normalized spacial score (nSPS) is 24.7. The Balaban J connectivity index is 2.50. The molecule has 0 unspecified atom stereocenters. The molecule has 1 rings (SSSR count). The molecule has 1 fully saturated rings. The van der Waals surface area contributed by atoms with Crippen LogP contribution >= 0.6 is 0 Å². The molecule has 1 aliphatic heterocycles. The number of piperidine rings is 1. The third-order valence-corrected chi connectivity index (χ3v) is 2.96. The first-order valence-electron chi connectivity index (χ1n) is 5.89. The van der Waals surface area contributed by atoms with Crippen molar-refractivity contribution in [3.63, 3.8) is 0 Å². The third kappa shape index (κ3) is 4.48. The lowest BCUT2D eigenvalue weighted by atomic mass is 9.91. The molecular formula is C14H23N. The first-order valence-corrected chi connectivity index (χ1v) is 5.89. The maximum Gasteiger partial charge on any atom is 0.000979 e. The molecule has 1 heteroatoms. The summed E-state index contributed by atoms with van der Waals surface area (Å²) in [4.78, 5) is 2.44. The highest BCUT2D eigenvalue weighted by molar-refractivity contribution is 5.23. The lowest BCUT2D eigenvalue weighted by Crippen LogP contribution is -2.32. The second-order valence-corrected chi connectivity index (χ2v) is 4.45. The summed E-state index contributed by atoms with van der Waals surface area (Å²) >= 11 is 0. The van der Waals surface area contributed by atoms with Crippen LogP contribution < -0.4 is 0 Å². The summed E-state index contributed by atoms with van der Waals surface area (Å²) in [5.41, 5.74) is 1.41. The van der Waals surface area contributed by atoms with Gasteiger partial charge in [0.25, 0.3) is 0 Å². The number of hydrogen-bond donors (Lipinski definition) is 0. The molecule has 0 spiro atoms. The largest absolute Gasteiger partial charge is 0.306 e. The number of hydrogen-bond acceptors (Lipinski definition) is 1. The standard InChI is InChI=1S/C14H23N/c1-4-7-13(8-5-2)11-14-9-6-10-15(3)12-14/h4-5,7-8,14H,1,6,9-12H2,2-3H3/b8-5-,13-7+/t14-/m1/s1. The van der Waals surface area contributed by atoms with Crippen LogP contribution in [0.1, 0.15) is 26.2 Å². The maximum atomic E-state index is 3.77. The van der Waals surface area contributed by atoms with Crippen LogP contribution in [0, 0.1) is 5.92 Å². The number of likely N-dealkylation sites (tertiary alicyclic amines) is 1. The molecule has 1 nitrogen and oxygen atoms in total. The second kappa shape index (κ2) is 6.62. The van der Waals surface area contributed by atoms with Crippen molar-refractivity contribution in [3.8, 4) is 0 Å². The molecule has 0 N–H and O–H groups in total. The van der Waals surface area contributed by atoms with Gasteiger partial charge in [0, 0.05) is 6.54 Å². The first kappa shape index (κ1) is 12.3. The van der Waals surface area contributed by atoms with E-state index in [1.165, 1.54) is 37.9 Å². The zero-order valence-electron chi connectivity index (χ0n) is 10.1. The van der Waals surface area contributed by atoms with Gasteiger partial charge in [-0.25, -0.2) is 0 Å². The monoisotopic (exact) mass is 205 g/mol. The zero-order chi connectivity index (χ0) is 11.1. The summed E-state index contributed by atoms with van der Waals surface area (Å²) in [5.74, 6) is 0.825. The van der Waals surface area contributed by atoms with Gasteiger partial charge in [-0.2, -0.15) is 0 Å². The average Bonchev–Trinajstić information content (AvgIpc) is 2.18. The summed E-state index contributed by atoms with van der Waals surface area (Å²) < 4.78 is 0. The van der Waals surface area contributed by atoms with Crippen LogP contribution in [0.15, 0.2) is 36.5 Å². The van der Waals surface area contributed by atoms with Crippen molar-refractivity contribution in [2.24, 2.45) is 5.92 Å². The second-order valence-electron chi connectivity index (χ2n) is 4.45. The summed E-state index contributed by atoms with van der Waals surface area (Å²) in [5, 5.41) is 0. The average molecular weight is 205 g/mol. The minimum absolute atomic E-state index is 0.825. The van der Waals surface area contributed by atoms with Gasteiger partial charge in [0.1, 0.15) is 0 Å². The van der Waals surface area contributed by atoms with Crippen LogP contribution in [0.4, 0.5) is 0 Å². The lowest BCUT2D eigenvalue weighted by molar-refractivity contribution is 0.210. The fourth-order valence-corrected chi connectivity index (χ4v) is 2.33. The van der Waals surface area contributed by atoms with Gasteiger partial charge in [0.05, 0.1) is 0 Å². The van der Waals surface area contributed by atoms with Crippen LogP contribution in [-0.4, -0.2) is 25.0 Å². The van der Waals surface area contributed by atoms with Crippen molar-refractivity contribution < 1.29 is 0 Å². The molecular weight excluding hydrogens is 182 g/mol. The molecule has 0 aliphatic carbocycles. The van der Waals surface area contributed by atoms with Gasteiger partial charge in [-0.05, 0) is 51.3 Å². The maximum absolute atomic E-state index is 3.77. The van der Waals surface area contributed by atoms with E-state index in [4.69, 9.17) is 0 Å². The predicted octanol–water partition coefficient (Wildman–Crippen LogP) is 3.41. The van der Waals surface area contributed by atoms with Gasteiger partial charge in [-0.15, -0.1) is 0 Å². The highest BCUT2D eigenvalue weighted by Gasteiger charge is 2.17. The van der Waals surface area contributed by atoms with E-state index in [0.29, 0.717) is 0 Å². The first-order chi connectivity index (χ1) is 7.26. The molecule has 0 aromatic rings. The van der Waals surface area contributed by atoms with Crippen molar-refractivity contribution in [2.75, 3.05) is 20.1 Å². The molecule has 0 amide bonds. The molecule has 1 aliphatic rings. The number of allylic oxidation sites excluding steroid dienone is 5. The van der Waals surface area contributed by atoms with Crippen LogP contribution in [0.3, 0.4) is 0 Å². The van der Waals surface area contributed by atoms with Crippen LogP contribution in [0.2, 0.25) is 0 Å². The highest BCUT2D eigenvalue weighted by Crippen LogP contribution is 2.22. The predicted molar refractivity (Wildman–Crippen MR) is 67.9 cm³/mol. The third-order valence-electron chi connectivity index (χ3n) is 2.96. The van der Waals surface area contributed by atoms with E-state index in [-0.39, 0.29) is 0 Å². The molecule has 0 aromatic heterocycles. The van der Waals surface area contributed by atoms with Crippen molar-refractivity contribution >= 4 is 0 Å². The van der Waals surface area contributed by atoms with Crippen molar-refractivity contribution in [1.82, 2.24) is 4.90 Å². The number of nitrogens with zero attached hydrogens (tertiary/aromatic N) is 1. The van der Waals surface area contributed by atoms with Gasteiger partial charge in [0.15, 0.2) is 0 Å². The van der Waals surface area contributed by atoms with Crippen LogP contribution in [0.5, 0.6) is 0 Å². The lowest BCUT2D eigenvalue weighted by Gasteiger charge is -2.29. The Kier molecular flexibility index (Phi) is 5.41. The Bertz CT molecular complexity index is 250. The summed E-state index contributed by atoms with van der Waals surface area (Å²) in [7, 11) is 2.22. The van der Waals surface area contributed by atoms with E-state index in [9.17, 15) is 0 Å². The molecule has 0 radical (unpaired) electrons. The molecule has 0 aromatic carbocycles.